The third kappa shape index (κ3) is 4.06. The SMILES string of the molecule is Cc1cccc(OCC2CCCN(S(=O)(=O)c3ccccc3C#N)C2)c1. The normalized spacial score (nSPS) is 18.2. The van der Waals surface area contributed by atoms with Crippen LogP contribution in [0.3, 0.4) is 0 Å². The highest BCUT2D eigenvalue weighted by atomic mass is 32.2. The largest absolute Gasteiger partial charge is 0.493 e. The van der Waals surface area contributed by atoms with Crippen LogP contribution >= 0.6 is 0 Å². The zero-order valence-corrected chi connectivity index (χ0v) is 15.6. The number of hydrogen-bond donors (Lipinski definition) is 0. The number of rotatable bonds is 5. The van der Waals surface area contributed by atoms with Gasteiger partial charge in [0.25, 0.3) is 0 Å². The summed E-state index contributed by atoms with van der Waals surface area (Å²) in [4.78, 5) is 0.0859. The predicted molar refractivity (Wildman–Crippen MR) is 99.3 cm³/mol. The summed E-state index contributed by atoms with van der Waals surface area (Å²) in [5, 5.41) is 9.21. The van der Waals surface area contributed by atoms with Crippen LogP contribution in [0.25, 0.3) is 0 Å². The second kappa shape index (κ2) is 7.90. The van der Waals surface area contributed by atoms with Crippen LogP contribution in [0.4, 0.5) is 0 Å². The van der Waals surface area contributed by atoms with Gasteiger partial charge < -0.3 is 4.74 Å². The molecule has 2 aromatic rings. The van der Waals surface area contributed by atoms with E-state index in [1.165, 1.54) is 16.4 Å². The fraction of sp³-hybridized carbons (Fsp3) is 0.350. The Morgan fingerprint density at radius 1 is 1.23 bits per heavy atom. The maximum atomic E-state index is 13.0. The summed E-state index contributed by atoms with van der Waals surface area (Å²) in [6, 6.07) is 16.2. The van der Waals surface area contributed by atoms with Crippen LogP contribution in [0, 0.1) is 24.2 Å². The summed E-state index contributed by atoms with van der Waals surface area (Å²) in [7, 11) is -3.67. The van der Waals surface area contributed by atoms with Crippen LogP contribution in [-0.4, -0.2) is 32.4 Å². The Balaban J connectivity index is 1.70. The lowest BCUT2D eigenvalue weighted by atomic mass is 10.0. The van der Waals surface area contributed by atoms with Crippen LogP contribution in [0.5, 0.6) is 5.75 Å². The second-order valence-electron chi connectivity index (χ2n) is 6.61. The topological polar surface area (TPSA) is 70.4 Å². The van der Waals surface area contributed by atoms with Gasteiger partial charge in [0.2, 0.25) is 10.0 Å². The third-order valence-electron chi connectivity index (χ3n) is 4.58. The van der Waals surface area contributed by atoms with Crippen molar-refractivity contribution >= 4 is 10.0 Å². The number of hydrogen-bond acceptors (Lipinski definition) is 4. The summed E-state index contributed by atoms with van der Waals surface area (Å²) in [6.07, 6.45) is 1.72. The molecule has 1 saturated heterocycles. The summed E-state index contributed by atoms with van der Waals surface area (Å²) in [5.41, 5.74) is 1.31. The number of ether oxygens (including phenoxy) is 1. The minimum absolute atomic E-state index is 0.0859. The highest BCUT2D eigenvalue weighted by Gasteiger charge is 2.32. The van der Waals surface area contributed by atoms with Crippen molar-refractivity contribution < 1.29 is 13.2 Å². The minimum Gasteiger partial charge on any atom is -0.493 e. The van der Waals surface area contributed by atoms with Crippen molar-refractivity contribution in [3.8, 4) is 11.8 Å². The number of piperidine rings is 1. The molecule has 1 heterocycles. The molecule has 0 amide bonds. The molecule has 0 spiro atoms. The van der Waals surface area contributed by atoms with E-state index in [1.807, 2.05) is 37.3 Å². The Bertz CT molecular complexity index is 919. The molecule has 3 rings (SSSR count). The van der Waals surface area contributed by atoms with Gasteiger partial charge in [0.1, 0.15) is 11.8 Å². The van der Waals surface area contributed by atoms with Crippen LogP contribution in [0.2, 0.25) is 0 Å². The maximum absolute atomic E-state index is 13.0. The summed E-state index contributed by atoms with van der Waals surface area (Å²) in [5.74, 6) is 0.938. The molecule has 1 unspecified atom stereocenters. The summed E-state index contributed by atoms with van der Waals surface area (Å²) in [6.45, 7) is 3.38. The van der Waals surface area contributed by atoms with Gasteiger partial charge in [0, 0.05) is 19.0 Å². The number of sulfonamides is 1. The van der Waals surface area contributed by atoms with E-state index in [2.05, 4.69) is 0 Å². The lowest BCUT2D eigenvalue weighted by molar-refractivity contribution is 0.180. The first-order valence-corrected chi connectivity index (χ1v) is 10.1. The standard InChI is InChI=1S/C20H22N2O3S/c1-16-6-4-9-19(12-16)25-15-17-7-5-11-22(14-17)26(23,24)20-10-3-2-8-18(20)13-21/h2-4,6,8-10,12,17H,5,7,11,14-15H2,1H3. The van der Waals surface area contributed by atoms with E-state index in [0.29, 0.717) is 19.7 Å². The number of aryl methyl sites for hydroxylation is 1. The Morgan fingerprint density at radius 3 is 2.81 bits per heavy atom. The van der Waals surface area contributed by atoms with Crippen molar-refractivity contribution in [2.75, 3.05) is 19.7 Å². The molecule has 1 aliphatic heterocycles. The Morgan fingerprint density at radius 2 is 2.04 bits per heavy atom. The van der Waals surface area contributed by atoms with Crippen molar-refractivity contribution in [3.05, 3.63) is 59.7 Å². The molecular formula is C20H22N2O3S. The van der Waals surface area contributed by atoms with Gasteiger partial charge in [0.05, 0.1) is 17.1 Å². The Hall–Kier alpha value is -2.36. The summed E-state index contributed by atoms with van der Waals surface area (Å²) < 4.78 is 33.3. The van der Waals surface area contributed by atoms with Gasteiger partial charge in [0.15, 0.2) is 0 Å². The molecule has 0 saturated carbocycles. The first kappa shape index (κ1) is 18.4. The smallest absolute Gasteiger partial charge is 0.244 e. The first-order chi connectivity index (χ1) is 12.5. The number of nitriles is 1. The van der Waals surface area contributed by atoms with Gasteiger partial charge in [-0.15, -0.1) is 0 Å². The molecule has 1 atom stereocenters. The van der Waals surface area contributed by atoms with E-state index in [-0.39, 0.29) is 16.4 Å². The van der Waals surface area contributed by atoms with Crippen molar-refractivity contribution in [2.45, 2.75) is 24.7 Å². The quantitative estimate of drug-likeness (QED) is 0.809. The van der Waals surface area contributed by atoms with Crippen molar-refractivity contribution in [3.63, 3.8) is 0 Å². The molecule has 26 heavy (non-hydrogen) atoms. The minimum atomic E-state index is -3.67. The van der Waals surface area contributed by atoms with Gasteiger partial charge in [-0.1, -0.05) is 24.3 Å². The average molecular weight is 370 g/mol. The molecule has 6 heteroatoms. The zero-order chi connectivity index (χ0) is 18.6. The zero-order valence-electron chi connectivity index (χ0n) is 14.8. The van der Waals surface area contributed by atoms with Crippen LogP contribution in [-0.2, 0) is 10.0 Å². The Labute approximate surface area is 154 Å². The van der Waals surface area contributed by atoms with Crippen molar-refractivity contribution in [2.24, 2.45) is 5.92 Å². The van der Waals surface area contributed by atoms with E-state index in [4.69, 9.17) is 4.74 Å². The molecule has 5 nitrogen and oxygen atoms in total. The Kier molecular flexibility index (Phi) is 5.60. The first-order valence-electron chi connectivity index (χ1n) is 8.69. The highest BCUT2D eigenvalue weighted by Crippen LogP contribution is 2.26. The van der Waals surface area contributed by atoms with Gasteiger partial charge in [-0.05, 0) is 49.6 Å². The second-order valence-corrected chi connectivity index (χ2v) is 8.51. The molecule has 2 aromatic carbocycles. The molecule has 0 aliphatic carbocycles. The highest BCUT2D eigenvalue weighted by molar-refractivity contribution is 7.89. The predicted octanol–water partition coefficient (Wildman–Crippen LogP) is 3.35. The fourth-order valence-corrected chi connectivity index (χ4v) is 4.92. The lowest BCUT2D eigenvalue weighted by Gasteiger charge is -2.32. The van der Waals surface area contributed by atoms with Crippen LogP contribution < -0.4 is 4.74 Å². The average Bonchev–Trinajstić information content (AvgIpc) is 2.66. The molecule has 0 radical (unpaired) electrons. The molecule has 1 fully saturated rings. The van der Waals surface area contributed by atoms with Crippen molar-refractivity contribution in [1.82, 2.24) is 4.31 Å². The maximum Gasteiger partial charge on any atom is 0.244 e. The van der Waals surface area contributed by atoms with Crippen molar-refractivity contribution in [1.29, 1.82) is 5.26 Å². The van der Waals surface area contributed by atoms with Gasteiger partial charge >= 0.3 is 0 Å². The number of benzene rings is 2. The van der Waals surface area contributed by atoms with E-state index < -0.39 is 10.0 Å². The number of nitrogens with zero attached hydrogens (tertiary/aromatic N) is 2. The van der Waals surface area contributed by atoms with Crippen LogP contribution in [0.15, 0.2) is 53.4 Å². The molecular weight excluding hydrogens is 348 g/mol. The third-order valence-corrected chi connectivity index (χ3v) is 6.51. The molecule has 0 N–H and O–H groups in total. The molecule has 0 aromatic heterocycles. The fourth-order valence-electron chi connectivity index (χ4n) is 3.22. The van der Waals surface area contributed by atoms with Gasteiger partial charge in [-0.3, -0.25) is 0 Å². The van der Waals surface area contributed by atoms with Gasteiger partial charge in [-0.25, -0.2) is 8.42 Å². The van der Waals surface area contributed by atoms with E-state index >= 15 is 0 Å². The monoisotopic (exact) mass is 370 g/mol. The lowest BCUT2D eigenvalue weighted by Crippen LogP contribution is -2.41. The van der Waals surface area contributed by atoms with Crippen LogP contribution in [0.1, 0.15) is 24.0 Å². The van der Waals surface area contributed by atoms with Gasteiger partial charge in [-0.2, -0.15) is 9.57 Å². The van der Waals surface area contributed by atoms with E-state index in [9.17, 15) is 13.7 Å². The molecule has 0 bridgehead atoms. The van der Waals surface area contributed by atoms with E-state index in [0.717, 1.165) is 24.2 Å². The van der Waals surface area contributed by atoms with E-state index in [1.54, 1.807) is 12.1 Å². The summed E-state index contributed by atoms with van der Waals surface area (Å²) >= 11 is 0. The molecule has 136 valence electrons. The molecule has 1 aliphatic rings.